The molecule has 0 saturated carbocycles. The Balaban J connectivity index is 1.45. The molecule has 2 aromatic carbocycles. The lowest BCUT2D eigenvalue weighted by atomic mass is 9.99. The fourth-order valence-electron chi connectivity index (χ4n) is 4.46. The van der Waals surface area contributed by atoms with Gasteiger partial charge in [-0.05, 0) is 73.5 Å². The number of aryl methyl sites for hydroxylation is 2. The van der Waals surface area contributed by atoms with Gasteiger partial charge in [-0.25, -0.2) is 0 Å². The topological polar surface area (TPSA) is 92.9 Å². The number of aromatic nitrogens is 1. The Hall–Kier alpha value is -4.65. The van der Waals surface area contributed by atoms with E-state index in [4.69, 9.17) is 9.15 Å². The number of pyridine rings is 1. The maximum Gasteiger partial charge on any atom is 0.296 e. The molecule has 5 rings (SSSR count). The van der Waals surface area contributed by atoms with Gasteiger partial charge in [-0.15, -0.1) is 0 Å². The van der Waals surface area contributed by atoms with Crippen LogP contribution in [0.4, 0.5) is 0 Å². The Morgan fingerprint density at radius 1 is 0.973 bits per heavy atom. The minimum atomic E-state index is -0.862. The monoisotopic (exact) mass is 494 g/mol. The van der Waals surface area contributed by atoms with E-state index >= 15 is 0 Å². The third kappa shape index (κ3) is 5.02. The van der Waals surface area contributed by atoms with Crippen molar-refractivity contribution in [3.8, 4) is 5.75 Å². The van der Waals surface area contributed by atoms with Crippen molar-refractivity contribution >= 4 is 17.4 Å². The number of ether oxygens (including phenoxy) is 1. The second-order valence-corrected chi connectivity index (χ2v) is 9.03. The highest BCUT2D eigenvalue weighted by Gasteiger charge is 2.47. The summed E-state index contributed by atoms with van der Waals surface area (Å²) in [6.07, 6.45) is 3.25. The summed E-state index contributed by atoms with van der Waals surface area (Å²) in [5.41, 5.74) is 3.40. The van der Waals surface area contributed by atoms with E-state index in [-0.39, 0.29) is 17.9 Å². The zero-order valence-electron chi connectivity index (χ0n) is 20.5. The van der Waals surface area contributed by atoms with Gasteiger partial charge in [0.25, 0.3) is 11.7 Å². The lowest BCUT2D eigenvalue weighted by molar-refractivity contribution is -0.140. The molecule has 0 aliphatic carbocycles. The highest BCUT2D eigenvalue weighted by atomic mass is 16.5. The molecule has 0 spiro atoms. The molecule has 7 heteroatoms. The predicted molar refractivity (Wildman–Crippen MR) is 137 cm³/mol. The third-order valence-corrected chi connectivity index (χ3v) is 6.29. The van der Waals surface area contributed by atoms with Gasteiger partial charge in [-0.3, -0.25) is 14.6 Å². The van der Waals surface area contributed by atoms with Crippen LogP contribution in [0.1, 0.15) is 39.8 Å². The van der Waals surface area contributed by atoms with Crippen molar-refractivity contribution in [3.63, 3.8) is 0 Å². The number of benzene rings is 2. The molecule has 37 heavy (non-hydrogen) atoms. The smallest absolute Gasteiger partial charge is 0.296 e. The fourth-order valence-corrected chi connectivity index (χ4v) is 4.46. The number of ketones is 1. The van der Waals surface area contributed by atoms with Gasteiger partial charge in [0.05, 0.1) is 5.57 Å². The molecular formula is C30H26N2O5. The minimum Gasteiger partial charge on any atom is -0.507 e. The third-order valence-electron chi connectivity index (χ3n) is 6.29. The number of Topliss-reactive ketones (excluding diaryl/α,β-unsaturated/α-hetero) is 1. The molecule has 1 aliphatic heterocycles. The zero-order chi connectivity index (χ0) is 25.9. The number of carbonyl (C=O) groups is 2. The van der Waals surface area contributed by atoms with Crippen LogP contribution >= 0.6 is 0 Å². The van der Waals surface area contributed by atoms with Crippen LogP contribution in [0, 0.1) is 13.8 Å². The standard InChI is InChI=1S/C30H26N2O5/c1-19-4-3-5-22(16-19)18-36-24-9-7-23(8-10-24)28(33)26-27(25-11-6-20(2)37-25)32(30(35)29(26)34)17-21-12-14-31-15-13-21/h3-16,27,33H,17-18H2,1-2H3/t27-/m0/s1. The summed E-state index contributed by atoms with van der Waals surface area (Å²) < 4.78 is 11.7. The molecule has 2 aromatic heterocycles. The zero-order valence-corrected chi connectivity index (χ0v) is 20.5. The predicted octanol–water partition coefficient (Wildman–Crippen LogP) is 5.49. The number of hydrogen-bond acceptors (Lipinski definition) is 6. The van der Waals surface area contributed by atoms with Gasteiger partial charge < -0.3 is 19.2 Å². The number of rotatable bonds is 7. The Bertz CT molecular complexity index is 1470. The Kier molecular flexibility index (Phi) is 6.60. The van der Waals surface area contributed by atoms with E-state index < -0.39 is 17.7 Å². The molecule has 1 N–H and O–H groups in total. The molecule has 0 radical (unpaired) electrons. The van der Waals surface area contributed by atoms with E-state index in [9.17, 15) is 14.7 Å². The molecule has 4 aromatic rings. The van der Waals surface area contributed by atoms with E-state index in [1.165, 1.54) is 4.90 Å². The van der Waals surface area contributed by atoms with Crippen LogP contribution in [0.25, 0.3) is 5.76 Å². The fraction of sp³-hybridized carbons (Fsp3) is 0.167. The number of amides is 1. The van der Waals surface area contributed by atoms with Gasteiger partial charge in [0.1, 0.15) is 35.7 Å². The van der Waals surface area contributed by atoms with Crippen molar-refractivity contribution in [2.24, 2.45) is 0 Å². The number of likely N-dealkylation sites (tertiary alicyclic amines) is 1. The summed E-state index contributed by atoms with van der Waals surface area (Å²) >= 11 is 0. The van der Waals surface area contributed by atoms with Crippen molar-refractivity contribution in [1.29, 1.82) is 0 Å². The number of aliphatic hydroxyl groups excluding tert-OH is 1. The Morgan fingerprint density at radius 2 is 1.73 bits per heavy atom. The summed E-state index contributed by atoms with van der Waals surface area (Å²) in [6, 6.07) is 21.0. The van der Waals surface area contributed by atoms with Gasteiger partial charge >= 0.3 is 0 Å². The maximum atomic E-state index is 13.2. The van der Waals surface area contributed by atoms with E-state index in [0.717, 1.165) is 16.7 Å². The van der Waals surface area contributed by atoms with Gasteiger partial charge in [0, 0.05) is 24.5 Å². The van der Waals surface area contributed by atoms with E-state index in [1.807, 2.05) is 25.1 Å². The molecule has 1 aliphatic rings. The molecule has 1 saturated heterocycles. The normalized spacial score (nSPS) is 16.8. The van der Waals surface area contributed by atoms with Crippen molar-refractivity contribution in [2.75, 3.05) is 0 Å². The van der Waals surface area contributed by atoms with Gasteiger partial charge in [0.15, 0.2) is 0 Å². The van der Waals surface area contributed by atoms with Crippen LogP contribution in [-0.2, 0) is 22.7 Å². The first-order valence-corrected chi connectivity index (χ1v) is 11.9. The minimum absolute atomic E-state index is 0.0122. The first-order valence-electron chi connectivity index (χ1n) is 11.9. The Labute approximate surface area is 214 Å². The quantitative estimate of drug-likeness (QED) is 0.207. The molecule has 0 bridgehead atoms. The molecule has 1 amide bonds. The van der Waals surface area contributed by atoms with E-state index in [0.29, 0.717) is 29.4 Å². The second kappa shape index (κ2) is 10.1. The molecule has 3 heterocycles. The molecule has 7 nitrogen and oxygen atoms in total. The van der Waals surface area contributed by atoms with E-state index in [1.54, 1.807) is 67.8 Å². The van der Waals surface area contributed by atoms with Crippen LogP contribution in [-0.4, -0.2) is 26.7 Å². The summed E-state index contributed by atoms with van der Waals surface area (Å²) in [5, 5.41) is 11.2. The molecule has 1 atom stereocenters. The summed E-state index contributed by atoms with van der Waals surface area (Å²) in [6.45, 7) is 4.39. The number of aliphatic hydroxyl groups is 1. The van der Waals surface area contributed by atoms with Crippen LogP contribution < -0.4 is 4.74 Å². The van der Waals surface area contributed by atoms with Crippen LogP contribution in [0.2, 0.25) is 0 Å². The first kappa shape index (κ1) is 24.1. The molecule has 1 fully saturated rings. The highest BCUT2D eigenvalue weighted by Crippen LogP contribution is 2.41. The molecule has 0 unspecified atom stereocenters. The van der Waals surface area contributed by atoms with Crippen LogP contribution in [0.3, 0.4) is 0 Å². The highest BCUT2D eigenvalue weighted by molar-refractivity contribution is 6.46. The Morgan fingerprint density at radius 3 is 2.41 bits per heavy atom. The van der Waals surface area contributed by atoms with Gasteiger partial charge in [-0.2, -0.15) is 0 Å². The van der Waals surface area contributed by atoms with Crippen LogP contribution in [0.15, 0.2) is 95.2 Å². The molecular weight excluding hydrogens is 468 g/mol. The lowest BCUT2D eigenvalue weighted by Crippen LogP contribution is -2.29. The average molecular weight is 495 g/mol. The average Bonchev–Trinajstić information content (AvgIpc) is 3.44. The van der Waals surface area contributed by atoms with Crippen molar-refractivity contribution in [3.05, 3.63) is 125 Å². The number of carbonyl (C=O) groups excluding carboxylic acids is 2. The van der Waals surface area contributed by atoms with Gasteiger partial charge in [0.2, 0.25) is 0 Å². The summed E-state index contributed by atoms with van der Waals surface area (Å²) in [7, 11) is 0. The van der Waals surface area contributed by atoms with Crippen molar-refractivity contribution in [1.82, 2.24) is 9.88 Å². The second-order valence-electron chi connectivity index (χ2n) is 9.03. The first-order chi connectivity index (χ1) is 17.9. The number of hydrogen-bond donors (Lipinski definition) is 1. The number of furan rings is 1. The van der Waals surface area contributed by atoms with Crippen molar-refractivity contribution < 1.29 is 23.8 Å². The SMILES string of the molecule is Cc1cccc(COc2ccc(C(O)=C3C(=O)C(=O)N(Cc4ccncc4)[C@H]3c3ccc(C)o3)cc2)c1. The lowest BCUT2D eigenvalue weighted by Gasteiger charge is -2.23. The molecule has 186 valence electrons. The largest absolute Gasteiger partial charge is 0.507 e. The van der Waals surface area contributed by atoms with Gasteiger partial charge in [-0.1, -0.05) is 29.8 Å². The summed E-state index contributed by atoms with van der Waals surface area (Å²) in [4.78, 5) is 31.7. The van der Waals surface area contributed by atoms with Crippen molar-refractivity contribution in [2.45, 2.75) is 33.0 Å². The number of nitrogens with zero attached hydrogens (tertiary/aromatic N) is 2. The van der Waals surface area contributed by atoms with Crippen LogP contribution in [0.5, 0.6) is 5.75 Å². The van der Waals surface area contributed by atoms with E-state index in [2.05, 4.69) is 11.1 Å². The summed E-state index contributed by atoms with van der Waals surface area (Å²) in [5.74, 6) is -0.0554. The maximum absolute atomic E-state index is 13.2.